The highest BCUT2D eigenvalue weighted by molar-refractivity contribution is 5.94. The van der Waals surface area contributed by atoms with E-state index < -0.39 is 5.97 Å². The van der Waals surface area contributed by atoms with Gasteiger partial charge in [-0.1, -0.05) is 30.3 Å². The molecule has 0 atom stereocenters. The molecule has 0 N–H and O–H groups in total. The van der Waals surface area contributed by atoms with Gasteiger partial charge in [0.2, 0.25) is 0 Å². The second-order valence-electron chi connectivity index (χ2n) is 6.96. The van der Waals surface area contributed by atoms with Crippen LogP contribution in [0.3, 0.4) is 0 Å². The van der Waals surface area contributed by atoms with Crippen molar-refractivity contribution in [3.63, 3.8) is 0 Å². The minimum Gasteiger partial charge on any atom is -0.493 e. The first-order valence-electron chi connectivity index (χ1n) is 9.82. The summed E-state index contributed by atoms with van der Waals surface area (Å²) < 4.78 is 16.6. The minimum atomic E-state index is -0.519. The van der Waals surface area contributed by atoms with E-state index in [-0.39, 0.29) is 5.78 Å². The fourth-order valence-corrected chi connectivity index (χ4v) is 2.91. The van der Waals surface area contributed by atoms with Crippen molar-refractivity contribution in [2.24, 2.45) is 0 Å². The number of carbonyl (C=O) groups excluding carboxylic acids is 2. The summed E-state index contributed by atoms with van der Waals surface area (Å²) in [6.07, 6.45) is 2.97. The molecule has 0 heterocycles. The van der Waals surface area contributed by atoms with Crippen LogP contribution >= 0.6 is 0 Å². The van der Waals surface area contributed by atoms with Gasteiger partial charge < -0.3 is 14.2 Å². The Kier molecular flexibility index (Phi) is 7.22. The highest BCUT2D eigenvalue weighted by Gasteiger charge is 2.07. The third-order valence-corrected chi connectivity index (χ3v) is 4.72. The minimum absolute atomic E-state index is 0.0435. The molecule has 0 unspecified atom stereocenters. The summed E-state index contributed by atoms with van der Waals surface area (Å²) in [6, 6.07) is 19.9. The van der Waals surface area contributed by atoms with Crippen LogP contribution < -0.4 is 14.2 Å². The van der Waals surface area contributed by atoms with Gasteiger partial charge in [0.25, 0.3) is 0 Å². The van der Waals surface area contributed by atoms with E-state index in [1.54, 1.807) is 43.5 Å². The van der Waals surface area contributed by atoms with Crippen LogP contribution in [-0.2, 0) is 11.4 Å². The lowest BCUT2D eigenvalue weighted by molar-refractivity contribution is -0.128. The van der Waals surface area contributed by atoms with E-state index in [4.69, 9.17) is 14.2 Å². The Morgan fingerprint density at radius 2 is 1.68 bits per heavy atom. The molecule has 0 fully saturated rings. The van der Waals surface area contributed by atoms with E-state index in [9.17, 15) is 9.59 Å². The Morgan fingerprint density at radius 3 is 2.35 bits per heavy atom. The monoisotopic (exact) mass is 416 g/mol. The Balaban J connectivity index is 1.63. The Labute approximate surface area is 181 Å². The number of methoxy groups -OCH3 is 1. The molecular formula is C26H24O5. The zero-order valence-electron chi connectivity index (χ0n) is 17.8. The topological polar surface area (TPSA) is 61.8 Å². The van der Waals surface area contributed by atoms with Gasteiger partial charge in [0.05, 0.1) is 7.11 Å². The number of Topliss-reactive ketones (excluding diaryl/α,β-unsaturated/α-hetero) is 1. The molecular weight excluding hydrogens is 392 g/mol. The maximum Gasteiger partial charge on any atom is 0.336 e. The molecule has 3 rings (SSSR count). The average molecular weight is 416 g/mol. The molecule has 0 spiro atoms. The van der Waals surface area contributed by atoms with Crippen LogP contribution in [0.15, 0.2) is 72.8 Å². The SMILES string of the molecule is COc1cc(/C=C/C(=O)Oc2ccc(C(C)=O)cc2)ccc1OCc1ccccc1C. The van der Waals surface area contributed by atoms with E-state index in [1.165, 1.54) is 13.0 Å². The lowest BCUT2D eigenvalue weighted by atomic mass is 10.1. The van der Waals surface area contributed by atoms with Gasteiger partial charge in [-0.05, 0) is 73.0 Å². The highest BCUT2D eigenvalue weighted by atomic mass is 16.5. The molecule has 3 aromatic rings. The van der Waals surface area contributed by atoms with Crippen molar-refractivity contribution in [3.8, 4) is 17.2 Å². The Hall–Kier alpha value is -3.86. The number of ether oxygens (including phenoxy) is 3. The normalized spacial score (nSPS) is 10.7. The fraction of sp³-hybridized carbons (Fsp3) is 0.154. The summed E-state index contributed by atoms with van der Waals surface area (Å²) in [6.45, 7) is 3.96. The second-order valence-corrected chi connectivity index (χ2v) is 6.96. The van der Waals surface area contributed by atoms with Crippen LogP contribution in [0.1, 0.15) is 34.0 Å². The van der Waals surface area contributed by atoms with Gasteiger partial charge in [0.1, 0.15) is 12.4 Å². The lowest BCUT2D eigenvalue weighted by Crippen LogP contribution is -2.04. The molecule has 0 aliphatic rings. The smallest absolute Gasteiger partial charge is 0.336 e. The molecule has 3 aromatic carbocycles. The van der Waals surface area contributed by atoms with E-state index in [2.05, 4.69) is 0 Å². The predicted octanol–water partition coefficient (Wildman–Crippen LogP) is 5.40. The van der Waals surface area contributed by atoms with Crippen LogP contribution in [0.25, 0.3) is 6.08 Å². The molecule has 31 heavy (non-hydrogen) atoms. The second kappa shape index (κ2) is 10.3. The van der Waals surface area contributed by atoms with Gasteiger partial charge in [0.15, 0.2) is 17.3 Å². The first kappa shape index (κ1) is 21.8. The maximum atomic E-state index is 12.1. The first-order chi connectivity index (χ1) is 15.0. The third-order valence-electron chi connectivity index (χ3n) is 4.72. The lowest BCUT2D eigenvalue weighted by Gasteiger charge is -2.12. The largest absolute Gasteiger partial charge is 0.493 e. The van der Waals surface area contributed by atoms with Gasteiger partial charge in [0, 0.05) is 11.6 Å². The number of carbonyl (C=O) groups is 2. The van der Waals surface area contributed by atoms with Crippen molar-refractivity contribution in [2.45, 2.75) is 20.5 Å². The van der Waals surface area contributed by atoms with Gasteiger partial charge in [-0.2, -0.15) is 0 Å². The molecule has 158 valence electrons. The van der Waals surface area contributed by atoms with Crippen molar-refractivity contribution in [1.82, 2.24) is 0 Å². The zero-order valence-corrected chi connectivity index (χ0v) is 17.8. The summed E-state index contributed by atoms with van der Waals surface area (Å²) in [5.41, 5.74) is 3.60. The number of hydrogen-bond donors (Lipinski definition) is 0. The van der Waals surface area contributed by atoms with E-state index in [1.807, 2.05) is 43.3 Å². The van der Waals surface area contributed by atoms with Gasteiger partial charge in [-0.25, -0.2) is 4.79 Å². The molecule has 0 radical (unpaired) electrons. The van der Waals surface area contributed by atoms with Gasteiger partial charge in [-0.3, -0.25) is 4.79 Å². The van der Waals surface area contributed by atoms with E-state index in [0.717, 1.165) is 16.7 Å². The quantitative estimate of drug-likeness (QED) is 0.213. The summed E-state index contributed by atoms with van der Waals surface area (Å²) in [5.74, 6) is 1.00. The molecule has 5 nitrogen and oxygen atoms in total. The van der Waals surface area contributed by atoms with Crippen molar-refractivity contribution in [2.75, 3.05) is 7.11 Å². The number of benzene rings is 3. The van der Waals surface area contributed by atoms with E-state index >= 15 is 0 Å². The molecule has 0 saturated carbocycles. The molecule has 0 bridgehead atoms. The zero-order chi connectivity index (χ0) is 22.2. The maximum absolute atomic E-state index is 12.1. The summed E-state index contributed by atoms with van der Waals surface area (Å²) >= 11 is 0. The molecule has 5 heteroatoms. The summed E-state index contributed by atoms with van der Waals surface area (Å²) in [5, 5.41) is 0. The number of rotatable bonds is 8. The van der Waals surface area contributed by atoms with Crippen molar-refractivity contribution >= 4 is 17.8 Å². The summed E-state index contributed by atoms with van der Waals surface area (Å²) in [4.78, 5) is 23.4. The molecule has 0 aliphatic carbocycles. The predicted molar refractivity (Wildman–Crippen MR) is 120 cm³/mol. The number of aryl methyl sites for hydroxylation is 1. The molecule has 0 aromatic heterocycles. The van der Waals surface area contributed by atoms with Crippen molar-refractivity contribution in [3.05, 3.63) is 95.1 Å². The van der Waals surface area contributed by atoms with Crippen LogP contribution in [0.4, 0.5) is 0 Å². The van der Waals surface area contributed by atoms with Crippen molar-refractivity contribution in [1.29, 1.82) is 0 Å². The average Bonchev–Trinajstić information content (AvgIpc) is 2.77. The number of ketones is 1. The van der Waals surface area contributed by atoms with Gasteiger partial charge >= 0.3 is 5.97 Å². The van der Waals surface area contributed by atoms with Crippen LogP contribution in [0.5, 0.6) is 17.2 Å². The number of esters is 1. The Morgan fingerprint density at radius 1 is 0.935 bits per heavy atom. The van der Waals surface area contributed by atoms with Crippen molar-refractivity contribution < 1.29 is 23.8 Å². The Bertz CT molecular complexity index is 1100. The fourth-order valence-electron chi connectivity index (χ4n) is 2.91. The third kappa shape index (κ3) is 6.06. The molecule has 0 aliphatic heterocycles. The molecule has 0 saturated heterocycles. The van der Waals surface area contributed by atoms with E-state index in [0.29, 0.717) is 29.4 Å². The summed E-state index contributed by atoms with van der Waals surface area (Å²) in [7, 11) is 1.57. The van der Waals surface area contributed by atoms with Crippen LogP contribution in [0.2, 0.25) is 0 Å². The number of hydrogen-bond acceptors (Lipinski definition) is 5. The first-order valence-corrected chi connectivity index (χ1v) is 9.82. The standard InChI is InChI=1S/C26H24O5/c1-18-6-4-5-7-22(18)17-30-24-14-8-20(16-25(24)29-3)9-15-26(28)31-23-12-10-21(11-13-23)19(2)27/h4-16H,17H2,1-3H3/b15-9+. The highest BCUT2D eigenvalue weighted by Crippen LogP contribution is 2.29. The van der Waals surface area contributed by atoms with Crippen LogP contribution in [-0.4, -0.2) is 18.9 Å². The van der Waals surface area contributed by atoms with Gasteiger partial charge in [-0.15, -0.1) is 0 Å². The van der Waals surface area contributed by atoms with Crippen LogP contribution in [0, 0.1) is 6.92 Å². The molecule has 0 amide bonds.